The summed E-state index contributed by atoms with van der Waals surface area (Å²) < 4.78 is 14.4. The number of carbonyl (C=O) groups excluding carboxylic acids is 7. The van der Waals surface area contributed by atoms with Gasteiger partial charge in [-0.05, 0) is 24.8 Å². The van der Waals surface area contributed by atoms with Crippen molar-refractivity contribution in [2.45, 2.75) is 89.4 Å². The van der Waals surface area contributed by atoms with Gasteiger partial charge in [0.2, 0.25) is 23.6 Å². The van der Waals surface area contributed by atoms with Gasteiger partial charge in [0.1, 0.15) is 36.8 Å². The normalized spacial score (nSPS) is 14.8. The minimum atomic E-state index is -1.79. The van der Waals surface area contributed by atoms with E-state index in [1.54, 1.807) is 44.2 Å². The van der Waals surface area contributed by atoms with Gasteiger partial charge in [0, 0.05) is 12.2 Å². The maximum atomic E-state index is 13.5. The number of ether oxygens (including phenoxy) is 3. The van der Waals surface area contributed by atoms with E-state index in [2.05, 4.69) is 48.7 Å². The number of carboxylic acid groups (broad SMARTS) is 1. The van der Waals surface area contributed by atoms with Crippen LogP contribution in [0.15, 0.2) is 30.3 Å². The molecule has 0 bridgehead atoms. The Balaban J connectivity index is 3.23. The summed E-state index contributed by atoms with van der Waals surface area (Å²) in [5.41, 5.74) is 0.702. The summed E-state index contributed by atoms with van der Waals surface area (Å²) in [6, 6.07) is 1.10. The zero-order valence-electron chi connectivity index (χ0n) is 29.0. The lowest BCUT2D eigenvalue weighted by Gasteiger charge is -2.28. The van der Waals surface area contributed by atoms with Crippen molar-refractivity contribution in [2.75, 3.05) is 20.0 Å². The largest absolute Gasteiger partial charge is 0.480 e. The first-order valence-electron chi connectivity index (χ1n) is 15.9. The van der Waals surface area contributed by atoms with Crippen LogP contribution in [0.1, 0.15) is 52.0 Å². The van der Waals surface area contributed by atoms with Gasteiger partial charge in [-0.2, -0.15) is 12.6 Å². The number of methoxy groups -OCH3 is 2. The van der Waals surface area contributed by atoms with Crippen molar-refractivity contribution in [3.63, 3.8) is 0 Å². The van der Waals surface area contributed by atoms with E-state index >= 15 is 0 Å². The topological polar surface area (TPSA) is 265 Å². The van der Waals surface area contributed by atoms with Crippen molar-refractivity contribution in [2.24, 2.45) is 5.92 Å². The van der Waals surface area contributed by atoms with Crippen LogP contribution in [0.25, 0.3) is 0 Å². The van der Waals surface area contributed by atoms with Gasteiger partial charge in [-0.3, -0.25) is 28.8 Å². The molecule has 1 rings (SSSR count). The number of nitrogens with one attached hydrogen (secondary N) is 5. The first-order chi connectivity index (χ1) is 24.1. The molecule has 18 nitrogen and oxygen atoms in total. The first-order valence-corrected chi connectivity index (χ1v) is 16.6. The Morgan fingerprint density at radius 2 is 1.29 bits per heavy atom. The number of aliphatic hydroxyl groups is 1. The summed E-state index contributed by atoms with van der Waals surface area (Å²) in [6.07, 6.45) is -3.55. The van der Waals surface area contributed by atoms with Crippen LogP contribution in [0.2, 0.25) is 0 Å². The monoisotopic (exact) mass is 741 g/mol. The zero-order valence-corrected chi connectivity index (χ0v) is 29.9. The lowest BCUT2D eigenvalue weighted by atomic mass is 9.97. The molecule has 0 aliphatic heterocycles. The molecule has 0 saturated heterocycles. The molecule has 7 atom stereocenters. The fourth-order valence-electron chi connectivity index (χ4n) is 4.33. The van der Waals surface area contributed by atoms with E-state index in [9.17, 15) is 48.6 Å². The predicted molar refractivity (Wildman–Crippen MR) is 182 cm³/mol. The first kappa shape index (κ1) is 44.1. The Kier molecular flexibility index (Phi) is 19.7. The molecule has 0 saturated carbocycles. The molecule has 0 heterocycles. The van der Waals surface area contributed by atoms with Gasteiger partial charge in [0.15, 0.2) is 0 Å². The second-order valence-corrected chi connectivity index (χ2v) is 11.8. The van der Waals surface area contributed by atoms with Crippen LogP contribution >= 0.6 is 12.6 Å². The lowest BCUT2D eigenvalue weighted by molar-refractivity contribution is -0.145. The van der Waals surface area contributed by atoms with Crippen molar-refractivity contribution in [3.05, 3.63) is 35.9 Å². The number of rotatable bonds is 21. The van der Waals surface area contributed by atoms with Crippen molar-refractivity contribution in [1.82, 2.24) is 26.6 Å². The molecule has 51 heavy (non-hydrogen) atoms. The molecule has 1 aromatic rings. The number of carboxylic acids is 1. The summed E-state index contributed by atoms with van der Waals surface area (Å²) in [4.78, 5) is 101. The van der Waals surface area contributed by atoms with Crippen molar-refractivity contribution in [3.8, 4) is 0 Å². The number of esters is 2. The number of alkyl carbamates (subject to hydrolysis) is 1. The molecule has 0 spiro atoms. The number of hydrogen-bond donors (Lipinski definition) is 8. The minimum absolute atomic E-state index is 0.0774. The fourth-order valence-corrected chi connectivity index (χ4v) is 4.57. The minimum Gasteiger partial charge on any atom is -0.480 e. The van der Waals surface area contributed by atoms with E-state index in [0.717, 1.165) is 21.1 Å². The van der Waals surface area contributed by atoms with Crippen molar-refractivity contribution < 1.29 is 62.8 Å². The number of carbonyl (C=O) groups is 8. The summed E-state index contributed by atoms with van der Waals surface area (Å²) in [6.45, 7) is 4.50. The molecule has 1 aromatic carbocycles. The van der Waals surface area contributed by atoms with Gasteiger partial charge in [-0.1, -0.05) is 50.6 Å². The highest BCUT2D eigenvalue weighted by Gasteiger charge is 2.36. The van der Waals surface area contributed by atoms with Crippen molar-refractivity contribution in [1.29, 1.82) is 0 Å². The SMILES string of the molecule is CC[C@H](C)[C@H](NC(=O)OCc1ccccc1)C(=O)N[C@@H](CCC(=O)OC)C(=O)N[C@H](C(=O)NC(CC(=O)OC)C(=O)N[C@H](CS)C(=O)O)[C@@H](C)O. The van der Waals surface area contributed by atoms with E-state index in [-0.39, 0.29) is 25.2 Å². The van der Waals surface area contributed by atoms with Gasteiger partial charge in [-0.15, -0.1) is 0 Å². The number of benzene rings is 1. The summed E-state index contributed by atoms with van der Waals surface area (Å²) in [7, 11) is 2.13. The highest BCUT2D eigenvalue weighted by Crippen LogP contribution is 2.11. The molecular weight excluding hydrogens is 694 g/mol. The molecule has 284 valence electrons. The molecule has 0 fully saturated rings. The predicted octanol–water partition coefficient (Wildman–Crippen LogP) is -0.822. The van der Waals surface area contributed by atoms with Gasteiger partial charge >= 0.3 is 24.0 Å². The quantitative estimate of drug-likeness (QED) is 0.0436. The zero-order chi connectivity index (χ0) is 38.7. The van der Waals surface area contributed by atoms with Crippen LogP contribution in [0, 0.1) is 5.92 Å². The molecular formula is C32H47N5O13S. The van der Waals surface area contributed by atoms with Crippen molar-refractivity contribution >= 4 is 60.3 Å². The third-order valence-electron chi connectivity index (χ3n) is 7.57. The standard InChI is InChI=1S/C32H47N5O13S/c1-6-17(2)25(37-32(47)50-15-19-10-8-7-9-11-19)29(43)33-20(12-13-23(39)48-4)27(41)36-26(18(3)38)30(44)34-21(14-24(40)49-5)28(42)35-22(16-51)31(45)46/h7-11,17-18,20-22,25-26,38,51H,6,12-16H2,1-5H3,(H,33,43)(H,34,44)(H,35,42)(H,36,41)(H,37,47)(H,45,46)/t17-,18+,20-,21?,22+,25-,26-/m0/s1. The second kappa shape index (κ2) is 22.7. The van der Waals surface area contributed by atoms with Crippen LogP contribution in [0.4, 0.5) is 4.79 Å². The van der Waals surface area contributed by atoms with Crippen LogP contribution in [-0.2, 0) is 54.4 Å². The van der Waals surface area contributed by atoms with E-state index in [0.29, 0.717) is 12.0 Å². The van der Waals surface area contributed by atoms with Gasteiger partial charge in [0.25, 0.3) is 0 Å². The van der Waals surface area contributed by atoms with E-state index in [1.165, 1.54) is 0 Å². The van der Waals surface area contributed by atoms with E-state index in [1.807, 2.05) is 0 Å². The highest BCUT2D eigenvalue weighted by atomic mass is 32.1. The molecule has 1 unspecified atom stereocenters. The number of aliphatic carboxylic acids is 1. The average Bonchev–Trinajstić information content (AvgIpc) is 3.11. The fraction of sp³-hybridized carbons (Fsp3) is 0.562. The molecule has 0 aromatic heterocycles. The molecule has 0 aliphatic rings. The molecule has 0 radical (unpaired) electrons. The van der Waals surface area contributed by atoms with Crippen LogP contribution in [0.5, 0.6) is 0 Å². The number of aliphatic hydroxyl groups excluding tert-OH is 1. The second-order valence-electron chi connectivity index (χ2n) is 11.4. The number of thiol groups is 1. The molecule has 7 N–H and O–H groups in total. The highest BCUT2D eigenvalue weighted by molar-refractivity contribution is 7.80. The van der Waals surface area contributed by atoms with Gasteiger partial charge in [0.05, 0.1) is 26.7 Å². The maximum absolute atomic E-state index is 13.5. The van der Waals surface area contributed by atoms with Gasteiger partial charge in [-0.25, -0.2) is 9.59 Å². The lowest BCUT2D eigenvalue weighted by Crippen LogP contribution is -2.61. The summed E-state index contributed by atoms with van der Waals surface area (Å²) in [5, 5.41) is 31.3. The third-order valence-corrected chi connectivity index (χ3v) is 7.94. The summed E-state index contributed by atoms with van der Waals surface area (Å²) >= 11 is 3.86. The Hall–Kier alpha value is -4.91. The Morgan fingerprint density at radius 3 is 1.82 bits per heavy atom. The molecule has 19 heteroatoms. The molecule has 0 aliphatic carbocycles. The maximum Gasteiger partial charge on any atom is 0.408 e. The smallest absolute Gasteiger partial charge is 0.408 e. The number of amides is 5. The van der Waals surface area contributed by atoms with Gasteiger partial charge < -0.3 is 51.0 Å². The Labute approximate surface area is 300 Å². The third kappa shape index (κ3) is 15.7. The van der Waals surface area contributed by atoms with Crippen LogP contribution in [0.3, 0.4) is 0 Å². The van der Waals surface area contributed by atoms with E-state index in [4.69, 9.17) is 4.74 Å². The van der Waals surface area contributed by atoms with E-state index < -0.39 is 96.3 Å². The van der Waals surface area contributed by atoms with Crippen LogP contribution in [-0.4, -0.2) is 114 Å². The number of hydrogen-bond acceptors (Lipinski definition) is 13. The van der Waals surface area contributed by atoms with Crippen LogP contribution < -0.4 is 26.6 Å². The Bertz CT molecular complexity index is 1360. The molecule has 5 amide bonds. The Morgan fingerprint density at radius 1 is 0.745 bits per heavy atom. The summed E-state index contributed by atoms with van der Waals surface area (Å²) in [5.74, 6) is -8.04. The average molecular weight is 742 g/mol.